The monoisotopic (exact) mass is 1090 g/mol. The summed E-state index contributed by atoms with van der Waals surface area (Å²) in [6.07, 6.45) is 75.5. The molecule has 0 aromatic rings. The molecular weight excluding hydrogens is 971 g/mol. The Bertz CT molecular complexity index is 1510. The predicted octanol–water partition coefficient (Wildman–Crippen LogP) is 18.4. The Morgan fingerprint density at radius 2 is 0.731 bits per heavy atom. The van der Waals surface area contributed by atoms with Crippen LogP contribution in [0.3, 0.4) is 0 Å². The molecule has 0 saturated carbocycles. The quantitative estimate of drug-likeness (QED) is 0.0195. The molecule has 0 rings (SSSR count). The molecule has 0 amide bonds. The van der Waals surface area contributed by atoms with E-state index in [0.717, 1.165) is 70.6 Å². The van der Waals surface area contributed by atoms with Crippen molar-refractivity contribution in [1.82, 2.24) is 0 Å². The van der Waals surface area contributed by atoms with Crippen LogP contribution in [0.2, 0.25) is 0 Å². The lowest BCUT2D eigenvalue weighted by atomic mass is 10.0. The molecule has 0 spiro atoms. The molecule has 9 heteroatoms. The molecule has 0 aliphatic heterocycles. The fraction of sp³-hybridized carbons (Fsp3) is 0.783. The maximum Gasteiger partial charge on any atom is 0.306 e. The number of quaternary nitrogens is 1. The first kappa shape index (κ1) is 74.7. The van der Waals surface area contributed by atoms with E-state index in [2.05, 4.69) is 86.8 Å². The average Bonchev–Trinajstić information content (AvgIpc) is 3.41. The number of ether oxygens (including phenoxy) is 4. The minimum atomic E-state index is -1.62. The third-order valence-electron chi connectivity index (χ3n) is 14.2. The molecule has 2 atom stereocenters. The van der Waals surface area contributed by atoms with Crippen LogP contribution < -0.4 is 5.11 Å². The van der Waals surface area contributed by atoms with Crippen LogP contribution >= 0.6 is 0 Å². The van der Waals surface area contributed by atoms with Crippen LogP contribution in [0.4, 0.5) is 0 Å². The minimum Gasteiger partial charge on any atom is -0.545 e. The van der Waals surface area contributed by atoms with Gasteiger partial charge in [0.15, 0.2) is 12.4 Å². The fourth-order valence-electron chi connectivity index (χ4n) is 9.25. The number of esters is 2. The summed E-state index contributed by atoms with van der Waals surface area (Å²) < 4.78 is 22.7. The Morgan fingerprint density at radius 1 is 0.397 bits per heavy atom. The minimum absolute atomic E-state index is 0.149. The SMILES string of the molecule is CC/C=C\C/C=C\C/C=C\C/C=C\C/C=C\C/C=C\CCCCCCCCCCCCCCCCCCCCC(=O)OC(COC(=O)CCCCCCCCCCCCCCCCCC)COC(OCC[N+](C)(C)C)C(=O)[O-]. The van der Waals surface area contributed by atoms with Crippen LogP contribution in [0.1, 0.15) is 290 Å². The lowest BCUT2D eigenvalue weighted by Gasteiger charge is -2.26. The highest BCUT2D eigenvalue weighted by Crippen LogP contribution is 2.17. The van der Waals surface area contributed by atoms with Gasteiger partial charge in [0.1, 0.15) is 13.2 Å². The fourth-order valence-corrected chi connectivity index (χ4v) is 9.25. The van der Waals surface area contributed by atoms with Gasteiger partial charge in [-0.2, -0.15) is 0 Å². The predicted molar refractivity (Wildman–Crippen MR) is 329 cm³/mol. The van der Waals surface area contributed by atoms with E-state index in [-0.39, 0.29) is 32.2 Å². The third kappa shape index (κ3) is 60.4. The van der Waals surface area contributed by atoms with Crippen molar-refractivity contribution in [2.24, 2.45) is 0 Å². The van der Waals surface area contributed by atoms with Crippen molar-refractivity contribution in [1.29, 1.82) is 0 Å². The summed E-state index contributed by atoms with van der Waals surface area (Å²) in [6.45, 7) is 4.67. The molecule has 0 aromatic carbocycles. The Labute approximate surface area is 481 Å². The van der Waals surface area contributed by atoms with E-state index in [4.69, 9.17) is 18.9 Å². The highest BCUT2D eigenvalue weighted by molar-refractivity contribution is 5.70. The Hall–Kier alpha value is -3.27. The topological polar surface area (TPSA) is 111 Å². The van der Waals surface area contributed by atoms with Crippen LogP contribution in [0.5, 0.6) is 0 Å². The van der Waals surface area contributed by atoms with Crippen LogP contribution in [0, 0.1) is 0 Å². The zero-order valence-electron chi connectivity index (χ0n) is 51.5. The first-order valence-corrected chi connectivity index (χ1v) is 32.6. The van der Waals surface area contributed by atoms with Gasteiger partial charge in [0, 0.05) is 12.8 Å². The van der Waals surface area contributed by atoms with E-state index < -0.39 is 24.3 Å². The normalized spacial score (nSPS) is 13.2. The number of likely N-dealkylation sites (N-methyl/N-ethyl adjacent to an activating group) is 1. The van der Waals surface area contributed by atoms with E-state index >= 15 is 0 Å². The van der Waals surface area contributed by atoms with Gasteiger partial charge < -0.3 is 33.3 Å². The van der Waals surface area contributed by atoms with Crippen LogP contribution in [-0.2, 0) is 33.3 Å². The number of unbranched alkanes of at least 4 members (excludes halogenated alkanes) is 33. The standard InChI is InChI=1S/C69H123NO8/c1-6-8-10-12-14-16-18-20-22-24-25-26-27-28-29-30-31-32-33-34-35-36-37-38-39-40-41-42-43-44-46-48-50-52-54-56-58-60-67(72)78-65(64-77-69(68(73)74)75-62-61-70(3,4)5)63-76-66(71)59-57-55-53-51-49-47-45-23-21-19-17-15-13-11-9-7-2/h8,10,14,16,20,22,25-26,28-29,31-32,65,69H,6-7,9,11-13,15,17-19,21,23-24,27,30,33-64H2,1-5H3/b10-8-,16-14-,22-20-,26-25-,29-28-,32-31-. The average molecular weight is 1090 g/mol. The van der Waals surface area contributed by atoms with Crippen molar-refractivity contribution >= 4 is 17.9 Å². The van der Waals surface area contributed by atoms with Crippen LogP contribution in [-0.4, -0.2) is 82.3 Å². The van der Waals surface area contributed by atoms with Crippen molar-refractivity contribution in [2.75, 3.05) is 47.5 Å². The molecular formula is C69H123NO8. The van der Waals surface area contributed by atoms with Gasteiger partial charge >= 0.3 is 11.9 Å². The molecule has 0 radical (unpaired) electrons. The first-order chi connectivity index (χ1) is 38.1. The van der Waals surface area contributed by atoms with Gasteiger partial charge in [0.2, 0.25) is 0 Å². The smallest absolute Gasteiger partial charge is 0.306 e. The molecule has 0 saturated heterocycles. The summed E-state index contributed by atoms with van der Waals surface area (Å²) in [7, 11) is 5.93. The van der Waals surface area contributed by atoms with E-state index in [1.165, 1.54) is 186 Å². The number of hydrogen-bond acceptors (Lipinski definition) is 8. The number of nitrogens with zero attached hydrogens (tertiary/aromatic N) is 1. The van der Waals surface area contributed by atoms with Crippen molar-refractivity contribution in [3.8, 4) is 0 Å². The number of carbonyl (C=O) groups excluding carboxylic acids is 3. The van der Waals surface area contributed by atoms with E-state index in [0.29, 0.717) is 23.9 Å². The number of carboxylic acid groups (broad SMARTS) is 1. The van der Waals surface area contributed by atoms with Gasteiger partial charge in [-0.3, -0.25) is 9.59 Å². The molecule has 0 N–H and O–H groups in total. The summed E-state index contributed by atoms with van der Waals surface area (Å²) in [5.41, 5.74) is 0. The van der Waals surface area contributed by atoms with Gasteiger partial charge in [-0.1, -0.05) is 286 Å². The second kappa shape index (κ2) is 59.8. The van der Waals surface area contributed by atoms with Crippen LogP contribution in [0.25, 0.3) is 0 Å². The molecule has 0 aromatic heterocycles. The number of carboxylic acids is 1. The highest BCUT2D eigenvalue weighted by Gasteiger charge is 2.22. The van der Waals surface area contributed by atoms with Gasteiger partial charge in [-0.15, -0.1) is 0 Å². The maximum absolute atomic E-state index is 12.9. The summed E-state index contributed by atoms with van der Waals surface area (Å²) in [6, 6.07) is 0. The molecule has 2 unspecified atom stereocenters. The largest absolute Gasteiger partial charge is 0.545 e. The number of carbonyl (C=O) groups is 3. The molecule has 0 fully saturated rings. The molecule has 0 heterocycles. The van der Waals surface area contributed by atoms with E-state index in [9.17, 15) is 19.5 Å². The van der Waals surface area contributed by atoms with E-state index in [1.807, 2.05) is 21.1 Å². The summed E-state index contributed by atoms with van der Waals surface area (Å²) in [5, 5.41) is 11.8. The van der Waals surface area contributed by atoms with Crippen molar-refractivity contribution in [3.63, 3.8) is 0 Å². The third-order valence-corrected chi connectivity index (χ3v) is 14.2. The van der Waals surface area contributed by atoms with E-state index in [1.54, 1.807) is 0 Å². The lowest BCUT2D eigenvalue weighted by Crippen LogP contribution is -2.44. The zero-order chi connectivity index (χ0) is 56.9. The second-order valence-corrected chi connectivity index (χ2v) is 23.0. The van der Waals surface area contributed by atoms with Crippen LogP contribution in [0.15, 0.2) is 72.9 Å². The molecule has 78 heavy (non-hydrogen) atoms. The van der Waals surface area contributed by atoms with Gasteiger partial charge in [-0.05, 0) is 64.2 Å². The summed E-state index contributed by atoms with van der Waals surface area (Å²) in [4.78, 5) is 37.3. The number of allylic oxidation sites excluding steroid dienone is 12. The first-order valence-electron chi connectivity index (χ1n) is 32.6. The van der Waals surface area contributed by atoms with Gasteiger partial charge in [0.25, 0.3) is 0 Å². The van der Waals surface area contributed by atoms with Crippen molar-refractivity contribution in [3.05, 3.63) is 72.9 Å². The Morgan fingerprint density at radius 3 is 1.09 bits per heavy atom. The Balaban J connectivity index is 4.04. The zero-order valence-corrected chi connectivity index (χ0v) is 51.5. The lowest BCUT2D eigenvalue weighted by molar-refractivity contribution is -0.870. The second-order valence-electron chi connectivity index (χ2n) is 23.0. The number of hydrogen-bond donors (Lipinski definition) is 0. The molecule has 452 valence electrons. The van der Waals surface area contributed by atoms with Crippen molar-refractivity contribution in [2.45, 2.75) is 302 Å². The number of rotatable bonds is 60. The van der Waals surface area contributed by atoms with Gasteiger partial charge in [-0.25, -0.2) is 0 Å². The number of aliphatic carboxylic acids is 1. The summed E-state index contributed by atoms with van der Waals surface area (Å²) >= 11 is 0. The molecule has 9 nitrogen and oxygen atoms in total. The maximum atomic E-state index is 12.9. The summed E-state index contributed by atoms with van der Waals surface area (Å²) in [5.74, 6) is -2.27. The molecule has 0 bridgehead atoms. The van der Waals surface area contributed by atoms with Gasteiger partial charge in [0.05, 0.1) is 40.3 Å². The highest BCUT2D eigenvalue weighted by atomic mass is 16.7. The van der Waals surface area contributed by atoms with Crippen molar-refractivity contribution < 1.29 is 42.9 Å². The molecule has 0 aliphatic rings. The Kier molecular flexibility index (Phi) is 57.3. The molecule has 0 aliphatic carbocycles.